The molecule has 0 aliphatic rings. The number of phenols is 1. The zero-order valence-corrected chi connectivity index (χ0v) is 11.0. The predicted molar refractivity (Wildman–Crippen MR) is 65.9 cm³/mol. The third kappa shape index (κ3) is 5.00. The van der Waals surface area contributed by atoms with Crippen LogP contribution in [0.5, 0.6) is 5.75 Å². The van der Waals surface area contributed by atoms with Gasteiger partial charge in [-0.3, -0.25) is 0 Å². The van der Waals surface area contributed by atoms with Crippen LogP contribution < -0.4 is 9.86 Å². The van der Waals surface area contributed by atoms with E-state index in [0.29, 0.717) is 0 Å². The highest BCUT2D eigenvalue weighted by Crippen LogP contribution is 2.15. The third-order valence-electron chi connectivity index (χ3n) is 2.03. The standard InChI is InChI=1S/C9H14N2O5S2/c10-17(13,14)6-2-5-11-18(15,16)9-4-1-3-8(12)7-9/h1,3-4,7,11-12H,2,5-6H2,(H2,10,13,14). The third-order valence-corrected chi connectivity index (χ3v) is 4.34. The van der Waals surface area contributed by atoms with Gasteiger partial charge in [-0.05, 0) is 24.6 Å². The van der Waals surface area contributed by atoms with Crippen molar-refractivity contribution in [3.63, 3.8) is 0 Å². The Kier molecular flexibility index (Phi) is 4.68. The number of nitrogens with one attached hydrogen (secondary N) is 1. The molecule has 0 unspecified atom stereocenters. The fraction of sp³-hybridized carbons (Fsp3) is 0.333. The topological polar surface area (TPSA) is 127 Å². The maximum absolute atomic E-state index is 11.7. The first-order valence-electron chi connectivity index (χ1n) is 5.00. The first kappa shape index (κ1) is 14.9. The number of nitrogens with two attached hydrogens (primary N) is 1. The normalized spacial score (nSPS) is 12.5. The Hall–Kier alpha value is -1.16. The molecule has 102 valence electrons. The number of aromatic hydroxyl groups is 1. The summed E-state index contributed by atoms with van der Waals surface area (Å²) >= 11 is 0. The molecule has 1 aromatic carbocycles. The molecular weight excluding hydrogens is 280 g/mol. The molecule has 0 amide bonds. The monoisotopic (exact) mass is 294 g/mol. The number of primary sulfonamides is 1. The molecular formula is C9H14N2O5S2. The zero-order valence-electron chi connectivity index (χ0n) is 9.40. The van der Waals surface area contributed by atoms with Gasteiger partial charge < -0.3 is 5.11 Å². The van der Waals surface area contributed by atoms with Crippen LogP contribution >= 0.6 is 0 Å². The summed E-state index contributed by atoms with van der Waals surface area (Å²) in [6, 6.07) is 5.16. The average Bonchev–Trinajstić information content (AvgIpc) is 2.23. The van der Waals surface area contributed by atoms with Crippen LogP contribution in [0.25, 0.3) is 0 Å². The van der Waals surface area contributed by atoms with E-state index < -0.39 is 20.0 Å². The lowest BCUT2D eigenvalue weighted by atomic mass is 10.3. The smallest absolute Gasteiger partial charge is 0.240 e. The summed E-state index contributed by atoms with van der Waals surface area (Å²) in [6.45, 7) is -0.0472. The minimum atomic E-state index is -3.75. The molecule has 0 aromatic heterocycles. The molecule has 0 aliphatic carbocycles. The van der Waals surface area contributed by atoms with Crippen LogP contribution in [0.15, 0.2) is 29.2 Å². The van der Waals surface area contributed by atoms with Crippen LogP contribution in [0.2, 0.25) is 0 Å². The van der Waals surface area contributed by atoms with Crippen LogP contribution in [0.3, 0.4) is 0 Å². The molecule has 0 saturated carbocycles. The number of sulfonamides is 2. The van der Waals surface area contributed by atoms with Crippen molar-refractivity contribution in [1.82, 2.24) is 4.72 Å². The summed E-state index contributed by atoms with van der Waals surface area (Å²) in [5, 5.41) is 13.9. The minimum Gasteiger partial charge on any atom is -0.508 e. The van der Waals surface area contributed by atoms with Gasteiger partial charge >= 0.3 is 0 Å². The highest BCUT2D eigenvalue weighted by atomic mass is 32.2. The van der Waals surface area contributed by atoms with E-state index in [1.165, 1.54) is 18.2 Å². The lowest BCUT2D eigenvalue weighted by molar-refractivity contribution is 0.473. The van der Waals surface area contributed by atoms with Gasteiger partial charge in [-0.25, -0.2) is 26.7 Å². The van der Waals surface area contributed by atoms with Crippen molar-refractivity contribution in [2.45, 2.75) is 11.3 Å². The Morgan fingerprint density at radius 3 is 2.44 bits per heavy atom. The Morgan fingerprint density at radius 1 is 1.22 bits per heavy atom. The van der Waals surface area contributed by atoms with Crippen LogP contribution in [0, 0.1) is 0 Å². The maximum atomic E-state index is 11.7. The molecule has 1 aromatic rings. The molecule has 0 radical (unpaired) electrons. The second kappa shape index (κ2) is 5.65. The molecule has 9 heteroatoms. The minimum absolute atomic E-state index is 0.0472. The second-order valence-electron chi connectivity index (χ2n) is 3.62. The van der Waals surface area contributed by atoms with Gasteiger partial charge in [-0.15, -0.1) is 0 Å². The SMILES string of the molecule is NS(=O)(=O)CCCNS(=O)(=O)c1cccc(O)c1. The number of hydrogen-bond acceptors (Lipinski definition) is 5. The molecule has 0 heterocycles. The van der Waals surface area contributed by atoms with E-state index in [1.54, 1.807) is 0 Å². The van der Waals surface area contributed by atoms with E-state index in [9.17, 15) is 16.8 Å². The maximum Gasteiger partial charge on any atom is 0.240 e. The first-order chi connectivity index (χ1) is 8.21. The van der Waals surface area contributed by atoms with Gasteiger partial charge in [0.05, 0.1) is 10.6 Å². The van der Waals surface area contributed by atoms with Crippen molar-refractivity contribution in [3.05, 3.63) is 24.3 Å². The van der Waals surface area contributed by atoms with Crippen molar-refractivity contribution >= 4 is 20.0 Å². The molecule has 4 N–H and O–H groups in total. The lowest BCUT2D eigenvalue weighted by Crippen LogP contribution is -2.27. The van der Waals surface area contributed by atoms with Gasteiger partial charge in [0, 0.05) is 6.54 Å². The predicted octanol–water partition coefficient (Wildman–Crippen LogP) is -0.651. The number of hydrogen-bond donors (Lipinski definition) is 3. The quantitative estimate of drug-likeness (QED) is 0.601. The fourth-order valence-corrected chi connectivity index (χ4v) is 2.87. The van der Waals surface area contributed by atoms with Gasteiger partial charge in [0.25, 0.3) is 0 Å². The number of rotatable bonds is 6. The van der Waals surface area contributed by atoms with Crippen molar-refractivity contribution in [3.8, 4) is 5.75 Å². The van der Waals surface area contributed by atoms with Crippen LogP contribution in [-0.2, 0) is 20.0 Å². The van der Waals surface area contributed by atoms with Gasteiger partial charge in [-0.1, -0.05) is 6.07 Å². The highest BCUT2D eigenvalue weighted by Gasteiger charge is 2.14. The van der Waals surface area contributed by atoms with E-state index in [-0.39, 0.29) is 29.4 Å². The Balaban J connectivity index is 2.61. The summed E-state index contributed by atoms with van der Waals surface area (Å²) in [5.74, 6) is -0.461. The fourth-order valence-electron chi connectivity index (χ4n) is 1.21. The summed E-state index contributed by atoms with van der Waals surface area (Å²) in [4.78, 5) is -0.0851. The van der Waals surface area contributed by atoms with E-state index in [0.717, 1.165) is 6.07 Å². The molecule has 0 aliphatic heterocycles. The van der Waals surface area contributed by atoms with Crippen molar-refractivity contribution in [1.29, 1.82) is 0 Å². The van der Waals surface area contributed by atoms with Gasteiger partial charge in [0.2, 0.25) is 20.0 Å². The van der Waals surface area contributed by atoms with Gasteiger partial charge in [0.15, 0.2) is 0 Å². The molecule has 18 heavy (non-hydrogen) atoms. The Morgan fingerprint density at radius 2 is 1.89 bits per heavy atom. The highest BCUT2D eigenvalue weighted by molar-refractivity contribution is 7.89. The zero-order chi connectivity index (χ0) is 13.8. The van der Waals surface area contributed by atoms with Gasteiger partial charge in [0.1, 0.15) is 5.75 Å². The Labute approximate surface area is 106 Å². The van der Waals surface area contributed by atoms with Crippen molar-refractivity contribution in [2.24, 2.45) is 5.14 Å². The lowest BCUT2D eigenvalue weighted by Gasteiger charge is -2.06. The summed E-state index contributed by atoms with van der Waals surface area (Å²) in [5.41, 5.74) is 0. The molecule has 0 bridgehead atoms. The average molecular weight is 294 g/mol. The van der Waals surface area contributed by atoms with Crippen LogP contribution in [-0.4, -0.2) is 34.2 Å². The van der Waals surface area contributed by atoms with E-state index in [1.807, 2.05) is 0 Å². The summed E-state index contributed by atoms with van der Waals surface area (Å²) < 4.78 is 46.9. The van der Waals surface area contributed by atoms with E-state index >= 15 is 0 Å². The number of benzene rings is 1. The van der Waals surface area contributed by atoms with E-state index in [2.05, 4.69) is 4.72 Å². The van der Waals surface area contributed by atoms with Crippen molar-refractivity contribution in [2.75, 3.05) is 12.3 Å². The van der Waals surface area contributed by atoms with E-state index in [4.69, 9.17) is 10.2 Å². The molecule has 7 nitrogen and oxygen atoms in total. The van der Waals surface area contributed by atoms with Crippen molar-refractivity contribution < 1.29 is 21.9 Å². The molecule has 0 fully saturated rings. The number of phenolic OH excluding ortho intramolecular Hbond substituents is 1. The molecule has 0 saturated heterocycles. The summed E-state index contributed by atoms with van der Waals surface area (Å²) in [6.07, 6.45) is 0.0802. The first-order valence-corrected chi connectivity index (χ1v) is 8.20. The molecule has 0 spiro atoms. The van der Waals surface area contributed by atoms with Gasteiger partial charge in [-0.2, -0.15) is 0 Å². The van der Waals surface area contributed by atoms with Crippen LogP contribution in [0.1, 0.15) is 6.42 Å². The van der Waals surface area contributed by atoms with Crippen LogP contribution in [0.4, 0.5) is 0 Å². The molecule has 0 atom stereocenters. The largest absolute Gasteiger partial charge is 0.508 e. The second-order valence-corrected chi connectivity index (χ2v) is 7.12. The summed E-state index contributed by atoms with van der Waals surface area (Å²) in [7, 11) is -7.33. The Bertz CT molecular complexity index is 610. The molecule has 1 rings (SSSR count).